The molecule has 1 N–H and O–H groups in total. The highest BCUT2D eigenvalue weighted by atomic mass is 79.9. The van der Waals surface area contributed by atoms with Gasteiger partial charge in [-0.3, -0.25) is 9.48 Å². The fourth-order valence-corrected chi connectivity index (χ4v) is 3.50. The van der Waals surface area contributed by atoms with E-state index in [-0.39, 0.29) is 5.91 Å². The third-order valence-corrected chi connectivity index (χ3v) is 5.08. The Morgan fingerprint density at radius 1 is 1.36 bits per heavy atom. The number of amides is 1. The van der Waals surface area contributed by atoms with E-state index in [0.29, 0.717) is 6.04 Å². The van der Waals surface area contributed by atoms with Crippen LogP contribution in [-0.2, 0) is 4.79 Å². The van der Waals surface area contributed by atoms with Crippen molar-refractivity contribution in [1.82, 2.24) is 9.78 Å². The molecule has 0 atom stereocenters. The van der Waals surface area contributed by atoms with E-state index >= 15 is 0 Å². The number of hydrogen-bond acceptors (Lipinski definition) is 2. The molecule has 3 rings (SSSR count). The first kappa shape index (κ1) is 15.3. The van der Waals surface area contributed by atoms with Crippen molar-refractivity contribution in [2.45, 2.75) is 45.6 Å². The van der Waals surface area contributed by atoms with Crippen LogP contribution in [-0.4, -0.2) is 15.7 Å². The van der Waals surface area contributed by atoms with Crippen LogP contribution in [0.1, 0.15) is 44.2 Å². The topological polar surface area (TPSA) is 46.9 Å². The molecule has 0 saturated heterocycles. The van der Waals surface area contributed by atoms with E-state index in [2.05, 4.69) is 37.1 Å². The van der Waals surface area contributed by atoms with Crippen molar-refractivity contribution in [3.05, 3.63) is 34.4 Å². The highest BCUT2D eigenvalue weighted by molar-refractivity contribution is 9.10. The van der Waals surface area contributed by atoms with Crippen molar-refractivity contribution < 1.29 is 4.79 Å². The second-order valence-electron chi connectivity index (χ2n) is 5.93. The Bertz CT molecular complexity index is 702. The zero-order valence-electron chi connectivity index (χ0n) is 12.9. The molecule has 1 aliphatic carbocycles. The van der Waals surface area contributed by atoms with Crippen molar-refractivity contribution in [2.24, 2.45) is 0 Å². The number of carbonyl (C=O) groups is 1. The van der Waals surface area contributed by atoms with Crippen LogP contribution in [0, 0.1) is 6.92 Å². The molecule has 0 spiro atoms. The third kappa shape index (κ3) is 2.95. The second kappa shape index (κ2) is 6.24. The van der Waals surface area contributed by atoms with E-state index < -0.39 is 0 Å². The van der Waals surface area contributed by atoms with E-state index in [1.807, 2.05) is 25.3 Å². The van der Waals surface area contributed by atoms with E-state index in [1.165, 1.54) is 32.6 Å². The van der Waals surface area contributed by atoms with E-state index in [1.54, 1.807) is 0 Å². The lowest BCUT2D eigenvalue weighted by atomic mass is 10.1. The number of anilines is 1. The average Bonchev–Trinajstić information content (AvgIpc) is 3.11. The third-order valence-electron chi connectivity index (χ3n) is 4.23. The van der Waals surface area contributed by atoms with Crippen LogP contribution in [0.4, 0.5) is 5.69 Å². The summed E-state index contributed by atoms with van der Waals surface area (Å²) in [5, 5.41) is 7.48. The maximum Gasteiger partial charge on any atom is 0.221 e. The number of rotatable bonds is 3. The predicted octanol–water partition coefficient (Wildman–Crippen LogP) is 4.69. The molecule has 1 aliphatic rings. The highest BCUT2D eigenvalue weighted by Crippen LogP contribution is 2.37. The van der Waals surface area contributed by atoms with Crippen LogP contribution in [0.5, 0.6) is 0 Å². The molecule has 116 valence electrons. The fourth-order valence-electron chi connectivity index (χ4n) is 3.15. The standard InChI is InChI=1S/C17H20BrN3O/c1-11-9-16(20-12(2)22)14(10-15(11)18)17-7-8-19-21(17)13-5-3-4-6-13/h7-10,13H,3-6H2,1-2H3,(H,20,22). The molecule has 1 aromatic carbocycles. The second-order valence-corrected chi connectivity index (χ2v) is 6.78. The van der Waals surface area contributed by atoms with Gasteiger partial charge in [0.05, 0.1) is 17.4 Å². The summed E-state index contributed by atoms with van der Waals surface area (Å²) in [7, 11) is 0. The number of nitrogens with zero attached hydrogens (tertiary/aromatic N) is 2. The molecule has 1 heterocycles. The van der Waals surface area contributed by atoms with Gasteiger partial charge < -0.3 is 5.32 Å². The Labute approximate surface area is 139 Å². The van der Waals surface area contributed by atoms with Crippen LogP contribution in [0.3, 0.4) is 0 Å². The lowest BCUT2D eigenvalue weighted by Crippen LogP contribution is -2.11. The van der Waals surface area contributed by atoms with E-state index in [4.69, 9.17) is 0 Å². The summed E-state index contributed by atoms with van der Waals surface area (Å²) in [4.78, 5) is 11.5. The lowest BCUT2D eigenvalue weighted by Gasteiger charge is -2.18. The molecule has 0 bridgehead atoms. The molecule has 1 aromatic heterocycles. The van der Waals surface area contributed by atoms with Crippen LogP contribution >= 0.6 is 15.9 Å². The number of carbonyl (C=O) groups excluding carboxylic acids is 1. The minimum Gasteiger partial charge on any atom is -0.326 e. The largest absolute Gasteiger partial charge is 0.326 e. The summed E-state index contributed by atoms with van der Waals surface area (Å²) >= 11 is 3.60. The van der Waals surface area contributed by atoms with Gasteiger partial charge in [-0.1, -0.05) is 28.8 Å². The monoisotopic (exact) mass is 361 g/mol. The lowest BCUT2D eigenvalue weighted by molar-refractivity contribution is -0.114. The van der Waals surface area contributed by atoms with Gasteiger partial charge in [0.1, 0.15) is 0 Å². The molecule has 1 amide bonds. The van der Waals surface area contributed by atoms with Crippen LogP contribution in [0.25, 0.3) is 11.3 Å². The quantitative estimate of drug-likeness (QED) is 0.861. The SMILES string of the molecule is CC(=O)Nc1cc(C)c(Br)cc1-c1ccnn1C1CCCC1. The maximum absolute atomic E-state index is 11.5. The first-order valence-electron chi connectivity index (χ1n) is 7.68. The van der Waals surface area contributed by atoms with Crippen molar-refractivity contribution in [2.75, 3.05) is 5.32 Å². The summed E-state index contributed by atoms with van der Waals surface area (Å²) in [6.07, 6.45) is 6.73. The van der Waals surface area contributed by atoms with Gasteiger partial charge in [-0.2, -0.15) is 5.10 Å². The molecule has 4 nitrogen and oxygen atoms in total. The number of aromatic nitrogens is 2. The predicted molar refractivity (Wildman–Crippen MR) is 91.9 cm³/mol. The van der Waals surface area contributed by atoms with Crippen LogP contribution in [0.15, 0.2) is 28.9 Å². The smallest absolute Gasteiger partial charge is 0.221 e. The molecule has 5 heteroatoms. The molecule has 0 radical (unpaired) electrons. The minimum atomic E-state index is -0.0603. The molecule has 2 aromatic rings. The van der Waals surface area contributed by atoms with E-state index in [0.717, 1.165) is 27.0 Å². The zero-order chi connectivity index (χ0) is 15.7. The van der Waals surface area contributed by atoms with Gasteiger partial charge in [-0.25, -0.2) is 0 Å². The number of aryl methyl sites for hydroxylation is 1. The first-order valence-corrected chi connectivity index (χ1v) is 8.47. The summed E-state index contributed by atoms with van der Waals surface area (Å²) < 4.78 is 3.16. The molecule has 0 unspecified atom stereocenters. The summed E-state index contributed by atoms with van der Waals surface area (Å²) in [5.74, 6) is -0.0603. The zero-order valence-corrected chi connectivity index (χ0v) is 14.5. The maximum atomic E-state index is 11.5. The summed E-state index contributed by atoms with van der Waals surface area (Å²) in [6.45, 7) is 3.56. The fraction of sp³-hybridized carbons (Fsp3) is 0.412. The Morgan fingerprint density at radius 2 is 2.09 bits per heavy atom. The van der Waals surface area contributed by atoms with Gasteiger partial charge in [-0.15, -0.1) is 0 Å². The van der Waals surface area contributed by atoms with Crippen molar-refractivity contribution in [3.8, 4) is 11.3 Å². The van der Waals surface area contributed by atoms with Crippen molar-refractivity contribution in [3.63, 3.8) is 0 Å². The first-order chi connectivity index (χ1) is 10.6. The molecule has 1 saturated carbocycles. The average molecular weight is 362 g/mol. The van der Waals surface area contributed by atoms with Gasteiger partial charge in [0.25, 0.3) is 0 Å². The molecule has 1 fully saturated rings. The summed E-state index contributed by atoms with van der Waals surface area (Å²) in [6, 6.07) is 6.58. The Morgan fingerprint density at radius 3 is 2.77 bits per heavy atom. The Kier molecular flexibility index (Phi) is 4.34. The van der Waals surface area contributed by atoms with Crippen molar-refractivity contribution >= 4 is 27.5 Å². The van der Waals surface area contributed by atoms with E-state index in [9.17, 15) is 4.79 Å². The number of hydrogen-bond donors (Lipinski definition) is 1. The number of halogens is 1. The normalized spacial score (nSPS) is 15.2. The summed E-state index contributed by atoms with van der Waals surface area (Å²) in [5.41, 5.74) is 4.01. The Hall–Kier alpha value is -1.62. The van der Waals surface area contributed by atoms with Crippen LogP contribution in [0.2, 0.25) is 0 Å². The minimum absolute atomic E-state index is 0.0603. The van der Waals surface area contributed by atoms with Crippen LogP contribution < -0.4 is 5.32 Å². The Balaban J connectivity index is 2.09. The molecule has 22 heavy (non-hydrogen) atoms. The highest BCUT2D eigenvalue weighted by Gasteiger charge is 2.22. The number of benzene rings is 1. The van der Waals surface area contributed by atoms with Gasteiger partial charge in [-0.05, 0) is 43.5 Å². The molecular weight excluding hydrogens is 342 g/mol. The van der Waals surface area contributed by atoms with Gasteiger partial charge in [0.2, 0.25) is 5.91 Å². The number of nitrogens with one attached hydrogen (secondary N) is 1. The molecule has 0 aliphatic heterocycles. The van der Waals surface area contributed by atoms with Gasteiger partial charge in [0.15, 0.2) is 0 Å². The van der Waals surface area contributed by atoms with Gasteiger partial charge >= 0.3 is 0 Å². The van der Waals surface area contributed by atoms with Gasteiger partial charge in [0, 0.05) is 23.2 Å². The molecular formula is C17H20BrN3O. The van der Waals surface area contributed by atoms with Crippen molar-refractivity contribution in [1.29, 1.82) is 0 Å².